The SMILES string of the molecule is CCCCCCCC/C=C\CCCCCCCC(=O)[P](C)(C)C(=O)CCCCCCC/C=C\CCCCCCCC. The lowest BCUT2D eigenvalue weighted by Gasteiger charge is -2.24. The highest BCUT2D eigenvalue weighted by molar-refractivity contribution is 8.02. The lowest BCUT2D eigenvalue weighted by molar-refractivity contribution is -0.114. The van der Waals surface area contributed by atoms with Crippen molar-refractivity contribution in [3.05, 3.63) is 24.3 Å². The maximum Gasteiger partial charge on any atom is 0.156 e. The Morgan fingerprint density at radius 1 is 0.390 bits per heavy atom. The molecule has 0 saturated carbocycles. The third kappa shape index (κ3) is 26.6. The number of rotatable bonds is 32. The zero-order chi connectivity index (χ0) is 30.3. The number of hydrogen-bond donors (Lipinski definition) is 0. The molecule has 41 heavy (non-hydrogen) atoms. The Labute approximate surface area is 258 Å². The summed E-state index contributed by atoms with van der Waals surface area (Å²) >= 11 is 0. The molecule has 0 N–H and O–H groups in total. The summed E-state index contributed by atoms with van der Waals surface area (Å²) < 4.78 is 0. The summed E-state index contributed by atoms with van der Waals surface area (Å²) in [5, 5.41) is 0. The Morgan fingerprint density at radius 2 is 0.634 bits per heavy atom. The fourth-order valence-corrected chi connectivity index (χ4v) is 7.10. The normalized spacial score (nSPS) is 12.2. The maximum atomic E-state index is 12.8. The minimum absolute atomic E-state index is 0.257. The van der Waals surface area contributed by atoms with Crippen LogP contribution >= 0.6 is 7.26 Å². The van der Waals surface area contributed by atoms with Gasteiger partial charge in [0, 0.05) is 12.8 Å². The molecule has 0 atom stereocenters. The van der Waals surface area contributed by atoms with Gasteiger partial charge in [-0.3, -0.25) is 9.59 Å². The fourth-order valence-electron chi connectivity index (χ4n) is 5.39. The van der Waals surface area contributed by atoms with Crippen LogP contribution in [0, 0.1) is 0 Å². The highest BCUT2D eigenvalue weighted by atomic mass is 31.2. The number of allylic oxidation sites excluding steroid dienone is 4. The molecule has 0 spiro atoms. The minimum Gasteiger partial charge on any atom is -0.295 e. The molecule has 0 bridgehead atoms. The van der Waals surface area contributed by atoms with E-state index in [0.717, 1.165) is 25.7 Å². The molecule has 0 amide bonds. The standard InChI is InChI=1S/C38H72O2P/c1-5-7-9-11-13-15-17-19-21-23-25-27-29-31-33-35-37(39)41(3,4)38(40)36-34-32-30-28-26-24-22-20-18-16-14-12-10-8-6-2/h19-22H,5-18,23-36H2,1-4H3/b21-19-,22-20-. The lowest BCUT2D eigenvalue weighted by atomic mass is 10.1. The number of carbonyl (C=O) groups excluding carboxylic acids is 2. The molecule has 0 aromatic heterocycles. The van der Waals surface area contributed by atoms with Crippen LogP contribution in [0.2, 0.25) is 0 Å². The van der Waals surface area contributed by atoms with Crippen LogP contribution in [0.4, 0.5) is 0 Å². The highest BCUT2D eigenvalue weighted by Crippen LogP contribution is 2.55. The van der Waals surface area contributed by atoms with Gasteiger partial charge in [0.15, 0.2) is 11.0 Å². The average Bonchev–Trinajstić information content (AvgIpc) is 2.96. The molecule has 0 aromatic rings. The van der Waals surface area contributed by atoms with Crippen molar-refractivity contribution in [2.45, 2.75) is 194 Å². The van der Waals surface area contributed by atoms with Gasteiger partial charge in [0.1, 0.15) is 0 Å². The second-order valence-corrected chi connectivity index (χ2v) is 16.8. The molecule has 2 nitrogen and oxygen atoms in total. The largest absolute Gasteiger partial charge is 0.295 e. The van der Waals surface area contributed by atoms with E-state index in [4.69, 9.17) is 0 Å². The Bertz CT molecular complexity index is 595. The summed E-state index contributed by atoms with van der Waals surface area (Å²) in [6, 6.07) is 0. The summed E-state index contributed by atoms with van der Waals surface area (Å²) in [6.07, 6.45) is 43.6. The Kier molecular flexibility index (Phi) is 30.1. The molecule has 3 heteroatoms. The highest BCUT2D eigenvalue weighted by Gasteiger charge is 2.31. The predicted molar refractivity (Wildman–Crippen MR) is 188 cm³/mol. The van der Waals surface area contributed by atoms with Gasteiger partial charge in [0.25, 0.3) is 0 Å². The molecule has 0 fully saturated rings. The van der Waals surface area contributed by atoms with E-state index >= 15 is 0 Å². The zero-order valence-electron chi connectivity index (χ0n) is 28.4. The summed E-state index contributed by atoms with van der Waals surface area (Å²) in [5.74, 6) is 0. The van der Waals surface area contributed by atoms with E-state index in [0.29, 0.717) is 12.8 Å². The molecule has 0 rings (SSSR count). The van der Waals surface area contributed by atoms with Gasteiger partial charge in [-0.15, -0.1) is 0 Å². The number of hydrogen-bond acceptors (Lipinski definition) is 2. The van der Waals surface area contributed by atoms with E-state index in [1.807, 2.05) is 13.3 Å². The molecule has 1 radical (unpaired) electrons. The van der Waals surface area contributed by atoms with E-state index < -0.39 is 7.26 Å². The zero-order valence-corrected chi connectivity index (χ0v) is 29.3. The Hall–Kier alpha value is -0.750. The van der Waals surface area contributed by atoms with Crippen molar-refractivity contribution in [2.24, 2.45) is 0 Å². The summed E-state index contributed by atoms with van der Waals surface area (Å²) in [6.45, 7) is 8.47. The second kappa shape index (κ2) is 30.7. The van der Waals surface area contributed by atoms with Crippen molar-refractivity contribution in [2.75, 3.05) is 13.3 Å². The summed E-state index contributed by atoms with van der Waals surface area (Å²) in [4.78, 5) is 25.6. The van der Waals surface area contributed by atoms with Crippen molar-refractivity contribution in [1.82, 2.24) is 0 Å². The van der Waals surface area contributed by atoms with Gasteiger partial charge >= 0.3 is 0 Å². The monoisotopic (exact) mass is 592 g/mol. The van der Waals surface area contributed by atoms with Gasteiger partial charge in [-0.1, -0.05) is 141 Å². The van der Waals surface area contributed by atoms with Gasteiger partial charge < -0.3 is 0 Å². The van der Waals surface area contributed by atoms with Crippen LogP contribution in [0.5, 0.6) is 0 Å². The molecule has 0 saturated heterocycles. The first-order valence-electron chi connectivity index (χ1n) is 18.2. The second-order valence-electron chi connectivity index (χ2n) is 12.9. The van der Waals surface area contributed by atoms with E-state index in [9.17, 15) is 9.59 Å². The molecular formula is C38H72O2P. The van der Waals surface area contributed by atoms with Gasteiger partial charge in [-0.25, -0.2) is 0 Å². The van der Waals surface area contributed by atoms with Crippen LogP contribution in [0.1, 0.15) is 194 Å². The molecule has 0 aliphatic rings. The van der Waals surface area contributed by atoms with Gasteiger partial charge in [-0.05, 0) is 84.8 Å². The fraction of sp³-hybridized carbons (Fsp3) is 0.842. The first-order valence-corrected chi connectivity index (χ1v) is 20.9. The van der Waals surface area contributed by atoms with Gasteiger partial charge in [-0.2, -0.15) is 0 Å². The summed E-state index contributed by atoms with van der Waals surface area (Å²) in [5.41, 5.74) is 0.515. The Morgan fingerprint density at radius 3 is 0.927 bits per heavy atom. The van der Waals surface area contributed by atoms with Crippen molar-refractivity contribution >= 4 is 18.3 Å². The number of unbranched alkanes of at least 4 members (excludes halogenated alkanes) is 22. The third-order valence-corrected chi connectivity index (χ3v) is 11.5. The molecular weight excluding hydrogens is 519 g/mol. The van der Waals surface area contributed by atoms with Crippen LogP contribution in [-0.4, -0.2) is 24.4 Å². The third-order valence-electron chi connectivity index (χ3n) is 8.55. The molecule has 0 aromatic carbocycles. The summed E-state index contributed by atoms with van der Waals surface area (Å²) in [7, 11) is -2.10. The van der Waals surface area contributed by atoms with E-state index in [1.54, 1.807) is 0 Å². The number of carbonyl (C=O) groups is 2. The maximum absolute atomic E-state index is 12.8. The van der Waals surface area contributed by atoms with Gasteiger partial charge in [0.05, 0.1) is 0 Å². The molecule has 241 valence electrons. The van der Waals surface area contributed by atoms with Crippen LogP contribution in [0.25, 0.3) is 0 Å². The van der Waals surface area contributed by atoms with E-state index in [-0.39, 0.29) is 11.0 Å². The topological polar surface area (TPSA) is 34.1 Å². The average molecular weight is 592 g/mol. The van der Waals surface area contributed by atoms with E-state index in [1.165, 1.54) is 141 Å². The molecule has 0 heterocycles. The first kappa shape index (κ1) is 40.2. The quantitative estimate of drug-likeness (QED) is 0.0443. The smallest absolute Gasteiger partial charge is 0.156 e. The predicted octanol–water partition coefficient (Wildman–Crippen LogP) is 13.4. The van der Waals surface area contributed by atoms with Crippen molar-refractivity contribution in [3.63, 3.8) is 0 Å². The van der Waals surface area contributed by atoms with Crippen LogP contribution in [0.3, 0.4) is 0 Å². The minimum atomic E-state index is -2.10. The van der Waals surface area contributed by atoms with Crippen LogP contribution < -0.4 is 0 Å². The van der Waals surface area contributed by atoms with Crippen LogP contribution in [-0.2, 0) is 9.59 Å². The van der Waals surface area contributed by atoms with Gasteiger partial charge in [0.2, 0.25) is 0 Å². The van der Waals surface area contributed by atoms with Crippen molar-refractivity contribution in [1.29, 1.82) is 0 Å². The molecule has 0 aliphatic carbocycles. The van der Waals surface area contributed by atoms with Crippen LogP contribution in [0.15, 0.2) is 24.3 Å². The Balaban J connectivity index is 3.65. The molecule has 0 aliphatic heterocycles. The van der Waals surface area contributed by atoms with Crippen molar-refractivity contribution in [3.8, 4) is 0 Å². The van der Waals surface area contributed by atoms with Crippen molar-refractivity contribution < 1.29 is 9.59 Å². The lowest BCUT2D eigenvalue weighted by Crippen LogP contribution is -2.14. The molecule has 0 unspecified atom stereocenters. The first-order chi connectivity index (χ1) is 20.0. The van der Waals surface area contributed by atoms with E-state index in [2.05, 4.69) is 38.2 Å².